The van der Waals surface area contributed by atoms with Gasteiger partial charge in [-0.2, -0.15) is 18.3 Å². The Balaban J connectivity index is 2.30. The smallest absolute Gasteiger partial charge is 0.394 e. The zero-order valence-electron chi connectivity index (χ0n) is 10.7. The Hall–Kier alpha value is -2.03. The largest absolute Gasteiger partial charge is 0.417 e. The molecule has 0 radical (unpaired) electrons. The second-order valence-corrected chi connectivity index (χ2v) is 5.11. The first kappa shape index (κ1) is 15.4. The first-order valence-corrected chi connectivity index (χ1v) is 6.48. The van der Waals surface area contributed by atoms with Crippen LogP contribution in [0.1, 0.15) is 21.6 Å². The third-order valence-electron chi connectivity index (χ3n) is 2.76. The fraction of sp³-hybridized carbons (Fsp3) is 0.167. The van der Waals surface area contributed by atoms with Gasteiger partial charge < -0.3 is 11.1 Å². The average Bonchev–Trinajstić information content (AvgIpc) is 2.70. The number of H-pyrrole nitrogens is 1. The van der Waals surface area contributed by atoms with E-state index >= 15 is 0 Å². The van der Waals surface area contributed by atoms with Gasteiger partial charge in [0.2, 0.25) is 0 Å². The quantitative estimate of drug-likeness (QED) is 0.765. The molecule has 0 atom stereocenters. The van der Waals surface area contributed by atoms with Gasteiger partial charge in [-0.3, -0.25) is 9.89 Å². The standard InChI is InChI=1S/C12H10BrF3N4O/c1-5-9(17)10(20-19-5)18-11(21)6-2-3-8(13)7(4-6)12(14,15)16/h2-4H,17H2,1H3,(H2,18,19,20,21). The highest BCUT2D eigenvalue weighted by Gasteiger charge is 2.33. The predicted octanol–water partition coefficient (Wildman–Crippen LogP) is 3.33. The van der Waals surface area contributed by atoms with Crippen LogP contribution >= 0.6 is 15.9 Å². The summed E-state index contributed by atoms with van der Waals surface area (Å²) in [6, 6.07) is 3.19. The number of nitrogens with zero attached hydrogens (tertiary/aromatic N) is 1. The minimum Gasteiger partial charge on any atom is -0.394 e. The highest BCUT2D eigenvalue weighted by Crippen LogP contribution is 2.35. The molecule has 0 saturated heterocycles. The number of aromatic amines is 1. The molecule has 1 aromatic heterocycles. The summed E-state index contributed by atoms with van der Waals surface area (Å²) in [5, 5.41) is 8.67. The summed E-state index contributed by atoms with van der Waals surface area (Å²) >= 11 is 2.81. The maximum absolute atomic E-state index is 12.8. The van der Waals surface area contributed by atoms with E-state index in [1.54, 1.807) is 6.92 Å². The summed E-state index contributed by atoms with van der Waals surface area (Å²) in [6.07, 6.45) is -4.56. The van der Waals surface area contributed by atoms with E-state index in [2.05, 4.69) is 31.4 Å². The molecule has 1 aromatic carbocycles. The molecule has 0 aliphatic rings. The number of carbonyl (C=O) groups excluding carboxylic acids is 1. The summed E-state index contributed by atoms with van der Waals surface area (Å²) in [6.45, 7) is 1.65. The van der Waals surface area contributed by atoms with Gasteiger partial charge in [-0.15, -0.1) is 0 Å². The number of nitrogen functional groups attached to an aromatic ring is 1. The van der Waals surface area contributed by atoms with E-state index < -0.39 is 17.6 Å². The van der Waals surface area contributed by atoms with Gasteiger partial charge in [0.15, 0.2) is 5.82 Å². The van der Waals surface area contributed by atoms with Gasteiger partial charge in [-0.1, -0.05) is 15.9 Å². The Morgan fingerprint density at radius 3 is 2.62 bits per heavy atom. The van der Waals surface area contributed by atoms with Crippen molar-refractivity contribution < 1.29 is 18.0 Å². The number of rotatable bonds is 2. The number of nitrogens with one attached hydrogen (secondary N) is 2. The molecule has 2 rings (SSSR count). The van der Waals surface area contributed by atoms with Gasteiger partial charge >= 0.3 is 6.18 Å². The van der Waals surface area contributed by atoms with E-state index in [1.165, 1.54) is 6.07 Å². The number of anilines is 2. The highest BCUT2D eigenvalue weighted by atomic mass is 79.9. The molecule has 0 bridgehead atoms. The molecule has 0 saturated carbocycles. The van der Waals surface area contributed by atoms with Crippen LogP contribution in [-0.4, -0.2) is 16.1 Å². The zero-order chi connectivity index (χ0) is 15.8. The van der Waals surface area contributed by atoms with Crippen molar-refractivity contribution in [2.24, 2.45) is 0 Å². The molecule has 112 valence electrons. The molecule has 21 heavy (non-hydrogen) atoms. The van der Waals surface area contributed by atoms with Gasteiger partial charge in [0, 0.05) is 10.0 Å². The van der Waals surface area contributed by atoms with Gasteiger partial charge in [-0.05, 0) is 25.1 Å². The van der Waals surface area contributed by atoms with Crippen molar-refractivity contribution in [3.8, 4) is 0 Å². The molecule has 0 spiro atoms. The van der Waals surface area contributed by atoms with Crippen LogP contribution in [0.25, 0.3) is 0 Å². The Labute approximate surface area is 125 Å². The molecule has 0 fully saturated rings. The number of carbonyl (C=O) groups is 1. The van der Waals surface area contributed by atoms with Gasteiger partial charge in [0.1, 0.15) is 0 Å². The lowest BCUT2D eigenvalue weighted by Gasteiger charge is -2.11. The molecular formula is C12H10BrF3N4O. The zero-order valence-corrected chi connectivity index (χ0v) is 12.3. The fourth-order valence-corrected chi connectivity index (χ4v) is 2.07. The van der Waals surface area contributed by atoms with Crippen LogP contribution in [0.2, 0.25) is 0 Å². The SMILES string of the molecule is Cc1[nH]nc(NC(=O)c2ccc(Br)c(C(F)(F)F)c2)c1N. The number of benzene rings is 1. The summed E-state index contributed by atoms with van der Waals surface area (Å²) in [5.74, 6) is -0.653. The molecular weight excluding hydrogens is 353 g/mol. The van der Waals surface area contributed by atoms with Crippen molar-refractivity contribution in [2.45, 2.75) is 13.1 Å². The van der Waals surface area contributed by atoms with E-state index in [9.17, 15) is 18.0 Å². The number of alkyl halides is 3. The predicted molar refractivity (Wildman–Crippen MR) is 74.8 cm³/mol. The minimum atomic E-state index is -4.56. The monoisotopic (exact) mass is 362 g/mol. The van der Waals surface area contributed by atoms with Crippen molar-refractivity contribution in [3.05, 3.63) is 39.5 Å². The van der Waals surface area contributed by atoms with Crippen LogP contribution in [0.4, 0.5) is 24.7 Å². The second-order valence-electron chi connectivity index (χ2n) is 4.26. The van der Waals surface area contributed by atoms with Gasteiger partial charge in [-0.25, -0.2) is 0 Å². The second kappa shape index (κ2) is 5.40. The molecule has 0 unspecified atom stereocenters. The van der Waals surface area contributed by atoms with E-state index in [1.807, 2.05) is 0 Å². The summed E-state index contributed by atoms with van der Waals surface area (Å²) < 4.78 is 38.2. The molecule has 9 heteroatoms. The number of aromatic nitrogens is 2. The maximum Gasteiger partial charge on any atom is 0.417 e. The Kier molecular flexibility index (Phi) is 3.95. The number of hydrogen-bond acceptors (Lipinski definition) is 3. The van der Waals surface area contributed by atoms with Crippen molar-refractivity contribution >= 4 is 33.3 Å². The number of hydrogen-bond donors (Lipinski definition) is 3. The lowest BCUT2D eigenvalue weighted by molar-refractivity contribution is -0.138. The first-order valence-electron chi connectivity index (χ1n) is 5.68. The maximum atomic E-state index is 12.8. The Bertz CT molecular complexity index is 696. The third-order valence-corrected chi connectivity index (χ3v) is 3.45. The molecule has 5 nitrogen and oxygen atoms in total. The van der Waals surface area contributed by atoms with Gasteiger partial charge in [0.25, 0.3) is 5.91 Å². The Morgan fingerprint density at radius 1 is 1.43 bits per heavy atom. The minimum absolute atomic E-state index is 0.0778. The lowest BCUT2D eigenvalue weighted by Crippen LogP contribution is -2.15. The van der Waals surface area contributed by atoms with Crippen LogP contribution in [0.5, 0.6) is 0 Å². The van der Waals surface area contributed by atoms with Crippen molar-refractivity contribution in [1.82, 2.24) is 10.2 Å². The topological polar surface area (TPSA) is 83.8 Å². The third kappa shape index (κ3) is 3.18. The number of amides is 1. The van der Waals surface area contributed by atoms with E-state index in [4.69, 9.17) is 5.73 Å². The molecule has 1 heterocycles. The number of halogens is 4. The van der Waals surface area contributed by atoms with Crippen molar-refractivity contribution in [1.29, 1.82) is 0 Å². The van der Waals surface area contributed by atoms with Gasteiger partial charge in [0.05, 0.1) is 16.9 Å². The first-order chi connectivity index (χ1) is 9.70. The van der Waals surface area contributed by atoms with Crippen molar-refractivity contribution in [2.75, 3.05) is 11.1 Å². The number of aryl methyl sites for hydroxylation is 1. The highest BCUT2D eigenvalue weighted by molar-refractivity contribution is 9.10. The Morgan fingerprint density at radius 2 is 2.10 bits per heavy atom. The molecule has 4 N–H and O–H groups in total. The molecule has 0 aliphatic heterocycles. The van der Waals surface area contributed by atoms with E-state index in [-0.39, 0.29) is 21.5 Å². The van der Waals surface area contributed by atoms with E-state index in [0.717, 1.165) is 12.1 Å². The normalized spacial score (nSPS) is 11.5. The van der Waals surface area contributed by atoms with Crippen LogP contribution in [0.15, 0.2) is 22.7 Å². The molecule has 0 aliphatic carbocycles. The van der Waals surface area contributed by atoms with Crippen LogP contribution in [-0.2, 0) is 6.18 Å². The summed E-state index contributed by atoms with van der Waals surface area (Å²) in [7, 11) is 0. The summed E-state index contributed by atoms with van der Waals surface area (Å²) in [5.41, 5.74) is 5.37. The molecule has 1 amide bonds. The van der Waals surface area contributed by atoms with Crippen LogP contribution in [0, 0.1) is 6.92 Å². The van der Waals surface area contributed by atoms with Crippen LogP contribution in [0.3, 0.4) is 0 Å². The van der Waals surface area contributed by atoms with E-state index in [0.29, 0.717) is 5.69 Å². The summed E-state index contributed by atoms with van der Waals surface area (Å²) in [4.78, 5) is 12.0. The number of nitrogens with two attached hydrogens (primary N) is 1. The lowest BCUT2D eigenvalue weighted by atomic mass is 10.1. The van der Waals surface area contributed by atoms with Crippen molar-refractivity contribution in [3.63, 3.8) is 0 Å². The average molecular weight is 363 g/mol. The molecule has 2 aromatic rings. The van der Waals surface area contributed by atoms with Crippen LogP contribution < -0.4 is 11.1 Å². The fourth-order valence-electron chi connectivity index (χ4n) is 1.60.